The van der Waals surface area contributed by atoms with Crippen molar-refractivity contribution < 1.29 is 14.3 Å². The number of esters is 1. The molecule has 0 aliphatic heterocycles. The summed E-state index contributed by atoms with van der Waals surface area (Å²) in [6.45, 7) is 0. The Kier molecular flexibility index (Phi) is 8.34. The summed E-state index contributed by atoms with van der Waals surface area (Å²) in [5.41, 5.74) is 0. The Morgan fingerprint density at radius 3 is 2.56 bits per heavy atom. The van der Waals surface area contributed by atoms with Gasteiger partial charge in [0.05, 0.1) is 19.4 Å². The van der Waals surface area contributed by atoms with Crippen LogP contribution in [-0.4, -0.2) is 38.2 Å². The summed E-state index contributed by atoms with van der Waals surface area (Å²) in [5, 5.41) is 9.74. The van der Waals surface area contributed by atoms with Crippen LogP contribution in [0.15, 0.2) is 0 Å². The molecule has 0 aromatic heterocycles. The van der Waals surface area contributed by atoms with E-state index >= 15 is 0 Å². The number of hydrogen-bond acceptors (Lipinski definition) is 5. The van der Waals surface area contributed by atoms with Crippen molar-refractivity contribution in [1.29, 1.82) is 5.41 Å². The van der Waals surface area contributed by atoms with E-state index in [1.807, 2.05) is 0 Å². The van der Waals surface area contributed by atoms with Gasteiger partial charge < -0.3 is 15.5 Å². The summed E-state index contributed by atoms with van der Waals surface area (Å²) in [5.74, 6) is -0.392. The lowest BCUT2D eigenvalue weighted by molar-refractivity contribution is -0.140. The molecular formula is C11H20N2O3. The van der Waals surface area contributed by atoms with Crippen LogP contribution in [0, 0.1) is 5.41 Å². The zero-order chi connectivity index (χ0) is 12.4. The van der Waals surface area contributed by atoms with E-state index in [9.17, 15) is 9.59 Å². The third-order valence-electron chi connectivity index (χ3n) is 2.44. The maximum atomic E-state index is 11.2. The number of Topliss-reactive ketones (excluding diaryl/α,β-unsaturated/α-hetero) is 1. The SMILES string of the molecule is CN[C@@H](CCCCCC(=O)OC)C(=O)C=N. The van der Waals surface area contributed by atoms with Gasteiger partial charge in [0.25, 0.3) is 0 Å². The van der Waals surface area contributed by atoms with Gasteiger partial charge in [0.15, 0.2) is 5.78 Å². The highest BCUT2D eigenvalue weighted by molar-refractivity contribution is 6.28. The maximum Gasteiger partial charge on any atom is 0.305 e. The summed E-state index contributed by atoms with van der Waals surface area (Å²) in [6, 6.07) is -0.268. The molecule has 1 atom stereocenters. The van der Waals surface area contributed by atoms with Crippen LogP contribution in [0.5, 0.6) is 0 Å². The van der Waals surface area contributed by atoms with Crippen LogP contribution in [0.1, 0.15) is 32.1 Å². The predicted octanol–water partition coefficient (Wildman–Crippen LogP) is 0.917. The molecule has 0 radical (unpaired) electrons. The molecule has 0 bridgehead atoms. The largest absolute Gasteiger partial charge is 0.469 e. The van der Waals surface area contributed by atoms with Crippen molar-refractivity contribution in [1.82, 2.24) is 5.32 Å². The molecule has 0 rings (SSSR count). The molecule has 0 aliphatic carbocycles. The molecular weight excluding hydrogens is 208 g/mol. The maximum absolute atomic E-state index is 11.2. The molecule has 2 N–H and O–H groups in total. The normalized spacial score (nSPS) is 11.9. The van der Waals surface area contributed by atoms with Crippen LogP contribution < -0.4 is 5.32 Å². The Morgan fingerprint density at radius 1 is 1.38 bits per heavy atom. The lowest BCUT2D eigenvalue weighted by Crippen LogP contribution is -2.34. The molecule has 0 fully saturated rings. The van der Waals surface area contributed by atoms with Gasteiger partial charge in [0.1, 0.15) is 0 Å². The number of ketones is 1. The first-order valence-corrected chi connectivity index (χ1v) is 5.44. The van der Waals surface area contributed by atoms with Crippen molar-refractivity contribution in [2.24, 2.45) is 0 Å². The second kappa shape index (κ2) is 9.03. The Labute approximate surface area is 96.1 Å². The summed E-state index contributed by atoms with van der Waals surface area (Å²) in [4.78, 5) is 22.0. The molecule has 0 spiro atoms. The number of unbranched alkanes of at least 4 members (excludes halogenated alkanes) is 2. The van der Waals surface area contributed by atoms with Gasteiger partial charge >= 0.3 is 5.97 Å². The summed E-state index contributed by atoms with van der Waals surface area (Å²) in [7, 11) is 3.09. The monoisotopic (exact) mass is 228 g/mol. The Bertz CT molecular complexity index is 241. The number of carbonyl (C=O) groups excluding carboxylic acids is 2. The first kappa shape index (κ1) is 14.8. The van der Waals surface area contributed by atoms with Crippen LogP contribution in [0.2, 0.25) is 0 Å². The fraction of sp³-hybridized carbons (Fsp3) is 0.727. The molecule has 0 aromatic rings. The van der Waals surface area contributed by atoms with Crippen LogP contribution in [0.3, 0.4) is 0 Å². The second-order valence-corrected chi connectivity index (χ2v) is 3.56. The van der Waals surface area contributed by atoms with Gasteiger partial charge in [-0.25, -0.2) is 0 Å². The predicted molar refractivity (Wildman–Crippen MR) is 61.7 cm³/mol. The van der Waals surface area contributed by atoms with E-state index in [2.05, 4.69) is 10.1 Å². The van der Waals surface area contributed by atoms with E-state index in [1.165, 1.54) is 7.11 Å². The molecule has 0 saturated carbocycles. The summed E-state index contributed by atoms with van der Waals surface area (Å²) in [6.07, 6.45) is 4.50. The zero-order valence-electron chi connectivity index (χ0n) is 9.91. The quantitative estimate of drug-likeness (QED) is 0.349. The summed E-state index contributed by atoms with van der Waals surface area (Å²) < 4.78 is 4.52. The van der Waals surface area contributed by atoms with Crippen LogP contribution in [0.25, 0.3) is 0 Å². The number of ether oxygens (including phenoxy) is 1. The smallest absolute Gasteiger partial charge is 0.305 e. The van der Waals surface area contributed by atoms with E-state index in [0.717, 1.165) is 25.5 Å². The summed E-state index contributed by atoms with van der Waals surface area (Å²) >= 11 is 0. The van der Waals surface area contributed by atoms with Crippen LogP contribution >= 0.6 is 0 Å². The first-order valence-electron chi connectivity index (χ1n) is 5.44. The minimum absolute atomic E-state index is 0.194. The van der Waals surface area contributed by atoms with E-state index < -0.39 is 0 Å². The number of likely N-dealkylation sites (N-methyl/N-ethyl adjacent to an activating group) is 1. The van der Waals surface area contributed by atoms with E-state index in [1.54, 1.807) is 7.05 Å². The zero-order valence-corrected chi connectivity index (χ0v) is 9.91. The Morgan fingerprint density at radius 2 is 2.06 bits per heavy atom. The van der Waals surface area contributed by atoms with E-state index in [-0.39, 0.29) is 17.8 Å². The van der Waals surface area contributed by atoms with Crippen molar-refractivity contribution >= 4 is 18.0 Å². The first-order chi connectivity index (χ1) is 7.65. The lowest BCUT2D eigenvalue weighted by atomic mass is 10.0. The van der Waals surface area contributed by atoms with Gasteiger partial charge in [-0.1, -0.05) is 12.8 Å². The molecule has 5 heteroatoms. The fourth-order valence-corrected chi connectivity index (χ4v) is 1.43. The minimum atomic E-state index is -0.268. The van der Waals surface area contributed by atoms with Gasteiger partial charge in [0.2, 0.25) is 0 Å². The highest BCUT2D eigenvalue weighted by Gasteiger charge is 2.12. The third kappa shape index (κ3) is 6.29. The standard InChI is InChI=1S/C11H20N2O3/c1-13-9(10(14)8-12)6-4-3-5-7-11(15)16-2/h8-9,12-13H,3-7H2,1-2H3/t9-/m0/s1. The van der Waals surface area contributed by atoms with Gasteiger partial charge in [-0.05, 0) is 19.9 Å². The van der Waals surface area contributed by atoms with Crippen molar-refractivity contribution in [3.63, 3.8) is 0 Å². The number of carbonyl (C=O) groups is 2. The fourth-order valence-electron chi connectivity index (χ4n) is 1.43. The van der Waals surface area contributed by atoms with Gasteiger partial charge in [-0.3, -0.25) is 9.59 Å². The highest BCUT2D eigenvalue weighted by Crippen LogP contribution is 2.06. The molecule has 0 aromatic carbocycles. The van der Waals surface area contributed by atoms with Crippen molar-refractivity contribution in [3.8, 4) is 0 Å². The Balaban J connectivity index is 3.59. The van der Waals surface area contributed by atoms with Crippen molar-refractivity contribution in [3.05, 3.63) is 0 Å². The molecule has 16 heavy (non-hydrogen) atoms. The third-order valence-corrected chi connectivity index (χ3v) is 2.44. The average Bonchev–Trinajstić information content (AvgIpc) is 2.32. The van der Waals surface area contributed by atoms with Crippen LogP contribution in [-0.2, 0) is 14.3 Å². The Hall–Kier alpha value is -1.23. The van der Waals surface area contributed by atoms with E-state index in [4.69, 9.17) is 5.41 Å². The molecule has 5 nitrogen and oxygen atoms in total. The lowest BCUT2D eigenvalue weighted by Gasteiger charge is -2.11. The van der Waals surface area contributed by atoms with Gasteiger partial charge in [-0.2, -0.15) is 0 Å². The number of nitrogens with one attached hydrogen (secondary N) is 2. The highest BCUT2D eigenvalue weighted by atomic mass is 16.5. The van der Waals surface area contributed by atoms with Gasteiger partial charge in [0, 0.05) is 6.42 Å². The van der Waals surface area contributed by atoms with E-state index in [0.29, 0.717) is 12.8 Å². The average molecular weight is 228 g/mol. The van der Waals surface area contributed by atoms with Crippen LogP contribution in [0.4, 0.5) is 0 Å². The number of rotatable bonds is 9. The minimum Gasteiger partial charge on any atom is -0.469 e. The molecule has 0 heterocycles. The molecule has 0 unspecified atom stereocenters. The van der Waals surface area contributed by atoms with Gasteiger partial charge in [-0.15, -0.1) is 0 Å². The molecule has 0 amide bonds. The van der Waals surface area contributed by atoms with Crippen molar-refractivity contribution in [2.75, 3.05) is 14.2 Å². The topological polar surface area (TPSA) is 79.2 Å². The molecule has 0 aliphatic rings. The van der Waals surface area contributed by atoms with Crippen molar-refractivity contribution in [2.45, 2.75) is 38.1 Å². The molecule has 92 valence electrons. The second-order valence-electron chi connectivity index (χ2n) is 3.56. The number of hydrogen-bond donors (Lipinski definition) is 2. The molecule has 0 saturated heterocycles. The number of methoxy groups -OCH3 is 1.